The van der Waals surface area contributed by atoms with Gasteiger partial charge in [-0.25, -0.2) is 5.84 Å². The van der Waals surface area contributed by atoms with E-state index in [9.17, 15) is 4.79 Å². The van der Waals surface area contributed by atoms with Crippen molar-refractivity contribution in [3.63, 3.8) is 0 Å². The van der Waals surface area contributed by atoms with Gasteiger partial charge in [0.2, 0.25) is 5.91 Å². The Hall–Kier alpha value is -1.20. The molecule has 1 aromatic rings. The summed E-state index contributed by atoms with van der Waals surface area (Å²) < 4.78 is 0. The predicted molar refractivity (Wildman–Crippen MR) is 63.2 cm³/mol. The molecule has 0 heterocycles. The van der Waals surface area contributed by atoms with Crippen LogP contribution < -0.4 is 17.0 Å². The monoisotopic (exact) mass is 225 g/mol. The highest BCUT2D eigenvalue weighted by Gasteiger charge is 2.13. The average molecular weight is 225 g/mol. The molecule has 82 valence electrons. The SMILES string of the molecule is Cc1ccc(N)cc1SC(C)C(=O)NN. The van der Waals surface area contributed by atoms with Crippen LogP contribution in [0.5, 0.6) is 0 Å². The molecule has 0 aliphatic carbocycles. The number of amides is 1. The Balaban J connectivity index is 2.80. The lowest BCUT2D eigenvalue weighted by Gasteiger charge is -2.11. The van der Waals surface area contributed by atoms with Gasteiger partial charge in [-0.05, 0) is 31.5 Å². The van der Waals surface area contributed by atoms with Gasteiger partial charge in [0.05, 0.1) is 5.25 Å². The lowest BCUT2D eigenvalue weighted by molar-refractivity contribution is -0.120. The third-order valence-electron chi connectivity index (χ3n) is 2.03. The summed E-state index contributed by atoms with van der Waals surface area (Å²) in [5, 5.41) is -0.226. The molecule has 0 spiro atoms. The minimum Gasteiger partial charge on any atom is -0.399 e. The molecular formula is C10H15N3OS. The summed E-state index contributed by atoms with van der Waals surface area (Å²) in [5.74, 6) is 4.86. The van der Waals surface area contributed by atoms with Crippen molar-refractivity contribution in [3.05, 3.63) is 23.8 Å². The number of nitrogen functional groups attached to an aromatic ring is 1. The topological polar surface area (TPSA) is 81.1 Å². The van der Waals surface area contributed by atoms with E-state index in [2.05, 4.69) is 5.43 Å². The first kappa shape index (κ1) is 11.9. The number of anilines is 1. The van der Waals surface area contributed by atoms with E-state index in [0.29, 0.717) is 5.69 Å². The van der Waals surface area contributed by atoms with Crippen LogP contribution in [0.2, 0.25) is 0 Å². The standard InChI is InChI=1S/C10H15N3OS/c1-6-3-4-8(11)5-9(6)15-7(2)10(14)13-12/h3-5,7H,11-12H2,1-2H3,(H,13,14). The van der Waals surface area contributed by atoms with Gasteiger partial charge in [-0.2, -0.15) is 0 Å². The van der Waals surface area contributed by atoms with Gasteiger partial charge in [0.1, 0.15) is 0 Å². The number of thioether (sulfide) groups is 1. The van der Waals surface area contributed by atoms with Gasteiger partial charge in [-0.15, -0.1) is 11.8 Å². The summed E-state index contributed by atoms with van der Waals surface area (Å²) in [6, 6.07) is 5.64. The largest absolute Gasteiger partial charge is 0.399 e. The summed E-state index contributed by atoms with van der Waals surface area (Å²) in [6.07, 6.45) is 0. The van der Waals surface area contributed by atoms with Crippen molar-refractivity contribution in [1.29, 1.82) is 0 Å². The van der Waals surface area contributed by atoms with Crippen LogP contribution in [-0.2, 0) is 4.79 Å². The minimum atomic E-state index is -0.226. The van der Waals surface area contributed by atoms with E-state index >= 15 is 0 Å². The molecule has 0 bridgehead atoms. The normalized spacial score (nSPS) is 12.2. The Bertz CT molecular complexity index is 368. The molecule has 0 aliphatic heterocycles. The van der Waals surface area contributed by atoms with E-state index < -0.39 is 0 Å². The number of hydrogen-bond donors (Lipinski definition) is 3. The van der Waals surface area contributed by atoms with Crippen molar-refractivity contribution in [3.8, 4) is 0 Å². The van der Waals surface area contributed by atoms with Crippen molar-refractivity contribution in [2.24, 2.45) is 5.84 Å². The van der Waals surface area contributed by atoms with Gasteiger partial charge in [0, 0.05) is 10.6 Å². The number of hydrazine groups is 1. The molecule has 15 heavy (non-hydrogen) atoms. The molecule has 1 amide bonds. The highest BCUT2D eigenvalue weighted by molar-refractivity contribution is 8.00. The first-order valence-corrected chi connectivity index (χ1v) is 5.46. The smallest absolute Gasteiger partial charge is 0.247 e. The number of nitrogens with one attached hydrogen (secondary N) is 1. The quantitative estimate of drug-likeness (QED) is 0.236. The zero-order chi connectivity index (χ0) is 11.4. The number of nitrogens with two attached hydrogens (primary N) is 2. The molecule has 0 saturated heterocycles. The first-order chi connectivity index (χ1) is 7.04. The summed E-state index contributed by atoms with van der Waals surface area (Å²) in [6.45, 7) is 3.78. The van der Waals surface area contributed by atoms with Crippen LogP contribution in [0.1, 0.15) is 12.5 Å². The molecule has 5 N–H and O–H groups in total. The van der Waals surface area contributed by atoms with Crippen molar-refractivity contribution in [2.75, 3.05) is 5.73 Å². The number of aryl methyl sites for hydroxylation is 1. The van der Waals surface area contributed by atoms with Crippen LogP contribution in [0.15, 0.2) is 23.1 Å². The Labute approximate surface area is 93.4 Å². The maximum atomic E-state index is 11.2. The molecule has 1 aromatic carbocycles. The average Bonchev–Trinajstić information content (AvgIpc) is 2.22. The summed E-state index contributed by atoms with van der Waals surface area (Å²) in [5.41, 5.74) is 9.60. The highest BCUT2D eigenvalue weighted by Crippen LogP contribution is 2.28. The van der Waals surface area contributed by atoms with Crippen LogP contribution in [0.3, 0.4) is 0 Å². The van der Waals surface area contributed by atoms with Gasteiger partial charge in [0.25, 0.3) is 0 Å². The highest BCUT2D eigenvalue weighted by atomic mass is 32.2. The summed E-state index contributed by atoms with van der Waals surface area (Å²) in [4.78, 5) is 12.2. The fourth-order valence-electron chi connectivity index (χ4n) is 1.10. The number of carbonyl (C=O) groups is 1. The Morgan fingerprint density at radius 2 is 2.20 bits per heavy atom. The fraction of sp³-hybridized carbons (Fsp3) is 0.300. The molecule has 1 unspecified atom stereocenters. The van der Waals surface area contributed by atoms with E-state index in [4.69, 9.17) is 11.6 Å². The van der Waals surface area contributed by atoms with Gasteiger partial charge < -0.3 is 5.73 Å². The van der Waals surface area contributed by atoms with Crippen LogP contribution in [0, 0.1) is 6.92 Å². The molecule has 0 fully saturated rings. The van der Waals surface area contributed by atoms with E-state index in [1.54, 1.807) is 6.92 Å². The van der Waals surface area contributed by atoms with Crippen molar-refractivity contribution in [2.45, 2.75) is 24.0 Å². The molecule has 0 aliphatic rings. The third-order valence-corrected chi connectivity index (χ3v) is 3.29. The molecular weight excluding hydrogens is 210 g/mol. The molecule has 1 rings (SSSR count). The number of hydrogen-bond acceptors (Lipinski definition) is 4. The maximum Gasteiger partial charge on any atom is 0.247 e. The van der Waals surface area contributed by atoms with E-state index in [-0.39, 0.29) is 11.2 Å². The van der Waals surface area contributed by atoms with Crippen LogP contribution in [0.4, 0.5) is 5.69 Å². The Morgan fingerprint density at radius 3 is 2.80 bits per heavy atom. The van der Waals surface area contributed by atoms with Crippen LogP contribution in [0.25, 0.3) is 0 Å². The second kappa shape index (κ2) is 5.04. The van der Waals surface area contributed by atoms with Crippen molar-refractivity contribution in [1.82, 2.24) is 5.43 Å². The first-order valence-electron chi connectivity index (χ1n) is 4.58. The van der Waals surface area contributed by atoms with Crippen molar-refractivity contribution >= 4 is 23.4 Å². The maximum absolute atomic E-state index is 11.2. The Kier molecular flexibility index (Phi) is 3.99. The van der Waals surface area contributed by atoms with Crippen LogP contribution in [-0.4, -0.2) is 11.2 Å². The summed E-state index contributed by atoms with van der Waals surface area (Å²) in [7, 11) is 0. The molecule has 5 heteroatoms. The van der Waals surface area contributed by atoms with Gasteiger partial charge in [0.15, 0.2) is 0 Å². The zero-order valence-corrected chi connectivity index (χ0v) is 9.60. The minimum absolute atomic E-state index is 0.193. The number of benzene rings is 1. The molecule has 0 aromatic heterocycles. The predicted octanol–water partition coefficient (Wildman–Crippen LogP) is 1.05. The third kappa shape index (κ3) is 3.14. The second-order valence-corrected chi connectivity index (χ2v) is 4.68. The summed E-state index contributed by atoms with van der Waals surface area (Å²) >= 11 is 1.44. The number of carbonyl (C=O) groups excluding carboxylic acids is 1. The second-order valence-electron chi connectivity index (χ2n) is 3.29. The lowest BCUT2D eigenvalue weighted by Crippen LogP contribution is -2.36. The van der Waals surface area contributed by atoms with E-state index in [1.165, 1.54) is 11.8 Å². The molecule has 0 radical (unpaired) electrons. The molecule has 4 nitrogen and oxygen atoms in total. The van der Waals surface area contributed by atoms with Crippen LogP contribution >= 0.6 is 11.8 Å². The van der Waals surface area contributed by atoms with Gasteiger partial charge >= 0.3 is 0 Å². The molecule has 1 atom stereocenters. The van der Waals surface area contributed by atoms with E-state index in [1.807, 2.05) is 25.1 Å². The van der Waals surface area contributed by atoms with Gasteiger partial charge in [-0.1, -0.05) is 6.07 Å². The van der Waals surface area contributed by atoms with Gasteiger partial charge in [-0.3, -0.25) is 10.2 Å². The van der Waals surface area contributed by atoms with Crippen molar-refractivity contribution < 1.29 is 4.79 Å². The van der Waals surface area contributed by atoms with E-state index in [0.717, 1.165) is 10.5 Å². The molecule has 0 saturated carbocycles. The Morgan fingerprint density at radius 1 is 1.53 bits per heavy atom. The number of rotatable bonds is 3. The zero-order valence-electron chi connectivity index (χ0n) is 8.78. The lowest BCUT2D eigenvalue weighted by atomic mass is 10.2. The fourth-order valence-corrected chi connectivity index (χ4v) is 2.12.